The van der Waals surface area contributed by atoms with Crippen LogP contribution >= 0.6 is 11.6 Å². The number of halogens is 7. The van der Waals surface area contributed by atoms with Gasteiger partial charge in [0.05, 0.1) is 23.0 Å². The summed E-state index contributed by atoms with van der Waals surface area (Å²) in [6, 6.07) is 5.32. The molecule has 29 heavy (non-hydrogen) atoms. The molecule has 0 aliphatic heterocycles. The number of benzene rings is 1. The Morgan fingerprint density at radius 1 is 0.931 bits per heavy atom. The van der Waals surface area contributed by atoms with Crippen LogP contribution in [0, 0.1) is 0 Å². The summed E-state index contributed by atoms with van der Waals surface area (Å²) in [5, 5.41) is 2.51. The first-order chi connectivity index (χ1) is 13.4. The van der Waals surface area contributed by atoms with Gasteiger partial charge >= 0.3 is 12.4 Å². The van der Waals surface area contributed by atoms with Gasteiger partial charge in [-0.25, -0.2) is 4.68 Å². The van der Waals surface area contributed by atoms with E-state index >= 15 is 0 Å². The summed E-state index contributed by atoms with van der Waals surface area (Å²) < 4.78 is 79.4. The van der Waals surface area contributed by atoms with Gasteiger partial charge in [-0.2, -0.15) is 31.4 Å². The number of alkyl halides is 6. The van der Waals surface area contributed by atoms with Crippen LogP contribution < -0.4 is 5.56 Å². The largest absolute Gasteiger partial charge is 0.434 e. The topological polar surface area (TPSA) is 56.9 Å². The van der Waals surface area contributed by atoms with E-state index in [2.05, 4.69) is 5.10 Å². The van der Waals surface area contributed by atoms with E-state index in [4.69, 9.17) is 11.6 Å². The molecule has 3 rings (SSSR count). The Kier molecular flexibility index (Phi) is 5.03. The van der Waals surface area contributed by atoms with Gasteiger partial charge in [0.2, 0.25) is 0 Å². The standard InChI is InChI=1S/C17H8ClF6N3O2/c18-13-12(16(19,20)21)5-6-26(15(13)29)10-1-3-11(4-2-10)27-14(17(22,23)24)9(8-28)7-25-27/h1-8H. The van der Waals surface area contributed by atoms with Crippen LogP contribution in [0.5, 0.6) is 0 Å². The Balaban J connectivity index is 2.06. The maximum absolute atomic E-state index is 13.2. The molecule has 0 N–H and O–H groups in total. The van der Waals surface area contributed by atoms with Crippen molar-refractivity contribution in [3.8, 4) is 11.4 Å². The van der Waals surface area contributed by atoms with E-state index in [1.165, 1.54) is 12.1 Å². The third-order valence-corrected chi connectivity index (χ3v) is 4.27. The molecule has 0 atom stereocenters. The second kappa shape index (κ2) is 7.07. The van der Waals surface area contributed by atoms with Crippen LogP contribution in [0.4, 0.5) is 26.3 Å². The van der Waals surface area contributed by atoms with Crippen LogP contribution in [0.2, 0.25) is 5.02 Å². The van der Waals surface area contributed by atoms with Crippen molar-refractivity contribution in [1.29, 1.82) is 0 Å². The first kappa shape index (κ1) is 20.6. The maximum Gasteiger partial charge on any atom is 0.434 e. The molecule has 0 amide bonds. The molecule has 0 radical (unpaired) electrons. The molecule has 0 bridgehead atoms. The molecule has 2 heterocycles. The number of hydrogen-bond acceptors (Lipinski definition) is 3. The van der Waals surface area contributed by atoms with E-state index in [9.17, 15) is 35.9 Å². The van der Waals surface area contributed by atoms with Gasteiger partial charge in [-0.1, -0.05) is 11.6 Å². The molecule has 1 aromatic carbocycles. The molecule has 0 saturated heterocycles. The first-order valence-electron chi connectivity index (χ1n) is 7.64. The van der Waals surface area contributed by atoms with Crippen molar-refractivity contribution in [2.45, 2.75) is 12.4 Å². The first-order valence-corrected chi connectivity index (χ1v) is 8.02. The molecule has 0 spiro atoms. The molecule has 3 aromatic rings. The van der Waals surface area contributed by atoms with Crippen LogP contribution in [0.15, 0.2) is 47.5 Å². The predicted octanol–water partition coefficient (Wildman–Crippen LogP) is 4.53. The van der Waals surface area contributed by atoms with Gasteiger partial charge in [0.1, 0.15) is 5.02 Å². The number of carbonyl (C=O) groups excluding carboxylic acids is 1. The number of hydrogen-bond donors (Lipinski definition) is 0. The van der Waals surface area contributed by atoms with Crippen molar-refractivity contribution >= 4 is 17.9 Å². The summed E-state index contributed by atoms with van der Waals surface area (Å²) in [6.07, 6.45) is -8.05. The smallest absolute Gasteiger partial charge is 0.298 e. The lowest BCUT2D eigenvalue weighted by Crippen LogP contribution is -2.22. The summed E-state index contributed by atoms with van der Waals surface area (Å²) in [5.41, 5.74) is -4.41. The van der Waals surface area contributed by atoms with Gasteiger partial charge in [0, 0.05) is 11.9 Å². The highest BCUT2D eigenvalue weighted by Gasteiger charge is 2.38. The van der Waals surface area contributed by atoms with Crippen molar-refractivity contribution in [3.05, 3.63) is 74.9 Å². The summed E-state index contributed by atoms with van der Waals surface area (Å²) in [6.45, 7) is 0. The highest BCUT2D eigenvalue weighted by atomic mass is 35.5. The summed E-state index contributed by atoms with van der Waals surface area (Å²) in [7, 11) is 0. The van der Waals surface area contributed by atoms with Crippen LogP contribution in [0.3, 0.4) is 0 Å². The fourth-order valence-corrected chi connectivity index (χ4v) is 2.88. The third-order valence-electron chi connectivity index (χ3n) is 3.90. The van der Waals surface area contributed by atoms with Crippen LogP contribution in [0.25, 0.3) is 11.4 Å². The van der Waals surface area contributed by atoms with Crippen molar-refractivity contribution in [3.63, 3.8) is 0 Å². The summed E-state index contributed by atoms with van der Waals surface area (Å²) >= 11 is 5.52. The fourth-order valence-electron chi connectivity index (χ4n) is 2.61. The number of aldehydes is 1. The number of pyridine rings is 1. The van der Waals surface area contributed by atoms with Crippen LogP contribution in [-0.4, -0.2) is 20.6 Å². The molecule has 152 valence electrons. The minimum Gasteiger partial charge on any atom is -0.298 e. The molecule has 12 heteroatoms. The van der Waals surface area contributed by atoms with Gasteiger partial charge in [0.25, 0.3) is 5.56 Å². The zero-order chi connectivity index (χ0) is 21.6. The van der Waals surface area contributed by atoms with Crippen molar-refractivity contribution in [2.75, 3.05) is 0 Å². The van der Waals surface area contributed by atoms with E-state index in [0.29, 0.717) is 10.7 Å². The van der Waals surface area contributed by atoms with E-state index in [0.717, 1.165) is 29.1 Å². The normalized spacial score (nSPS) is 12.2. The lowest BCUT2D eigenvalue weighted by Gasteiger charge is -2.13. The summed E-state index contributed by atoms with van der Waals surface area (Å²) in [4.78, 5) is 23.0. The third kappa shape index (κ3) is 3.77. The molecule has 5 nitrogen and oxygen atoms in total. The average Bonchev–Trinajstić information content (AvgIpc) is 3.08. The lowest BCUT2D eigenvalue weighted by molar-refractivity contribution is -0.143. The number of nitrogens with zero attached hydrogens (tertiary/aromatic N) is 3. The second-order valence-corrected chi connectivity index (χ2v) is 6.09. The highest BCUT2D eigenvalue weighted by Crippen LogP contribution is 2.34. The SMILES string of the molecule is O=Cc1cnn(-c2ccc(-n3ccc(C(F)(F)F)c(Cl)c3=O)cc2)c1C(F)(F)F. The van der Waals surface area contributed by atoms with Crippen molar-refractivity contribution in [2.24, 2.45) is 0 Å². The fraction of sp³-hybridized carbons (Fsp3) is 0.118. The van der Waals surface area contributed by atoms with Gasteiger partial charge < -0.3 is 0 Å². The van der Waals surface area contributed by atoms with Gasteiger partial charge in [-0.15, -0.1) is 0 Å². The Morgan fingerprint density at radius 3 is 2.03 bits per heavy atom. The Hall–Kier alpha value is -3.08. The quantitative estimate of drug-likeness (QED) is 0.449. The molecule has 2 aromatic heterocycles. The van der Waals surface area contributed by atoms with Gasteiger partial charge in [0.15, 0.2) is 12.0 Å². The predicted molar refractivity (Wildman–Crippen MR) is 89.6 cm³/mol. The van der Waals surface area contributed by atoms with E-state index < -0.39 is 39.8 Å². The van der Waals surface area contributed by atoms with E-state index in [1.54, 1.807) is 0 Å². The summed E-state index contributed by atoms with van der Waals surface area (Å²) in [5.74, 6) is 0. The van der Waals surface area contributed by atoms with Gasteiger partial charge in [-0.3, -0.25) is 14.2 Å². The minimum absolute atomic E-state index is 0.0183. The number of aromatic nitrogens is 3. The lowest BCUT2D eigenvalue weighted by atomic mass is 10.2. The number of carbonyl (C=O) groups is 1. The molecule has 0 unspecified atom stereocenters. The van der Waals surface area contributed by atoms with Crippen LogP contribution in [0.1, 0.15) is 21.6 Å². The van der Waals surface area contributed by atoms with Crippen molar-refractivity contribution in [1.82, 2.24) is 14.3 Å². The minimum atomic E-state index is -4.86. The molecular weight excluding hydrogens is 428 g/mol. The van der Waals surface area contributed by atoms with Gasteiger partial charge in [-0.05, 0) is 30.3 Å². The van der Waals surface area contributed by atoms with Crippen molar-refractivity contribution < 1.29 is 31.1 Å². The number of rotatable bonds is 3. The molecule has 0 aliphatic rings. The Bertz CT molecular complexity index is 1130. The Morgan fingerprint density at radius 2 is 1.52 bits per heavy atom. The molecular formula is C17H8ClF6N3O2. The maximum atomic E-state index is 13.2. The Labute approximate surface area is 162 Å². The second-order valence-electron chi connectivity index (χ2n) is 5.71. The molecule has 0 saturated carbocycles. The highest BCUT2D eigenvalue weighted by molar-refractivity contribution is 6.31. The molecule has 0 fully saturated rings. The zero-order valence-electron chi connectivity index (χ0n) is 13.9. The average molecular weight is 436 g/mol. The molecule has 0 aliphatic carbocycles. The monoisotopic (exact) mass is 435 g/mol. The van der Waals surface area contributed by atoms with E-state index in [-0.39, 0.29) is 17.7 Å². The van der Waals surface area contributed by atoms with E-state index in [1.807, 2.05) is 0 Å². The zero-order valence-corrected chi connectivity index (χ0v) is 14.7. The van der Waals surface area contributed by atoms with Crippen LogP contribution in [-0.2, 0) is 12.4 Å².